The van der Waals surface area contributed by atoms with E-state index in [1.165, 1.54) is 11.1 Å². The van der Waals surface area contributed by atoms with Gasteiger partial charge in [-0.1, -0.05) is 65.8 Å². The van der Waals surface area contributed by atoms with E-state index in [1.807, 2.05) is 12.1 Å². The Morgan fingerprint density at radius 2 is 0.900 bits per heavy atom. The second kappa shape index (κ2) is 7.98. The van der Waals surface area contributed by atoms with E-state index in [-0.39, 0.29) is 16.4 Å². The van der Waals surface area contributed by atoms with Gasteiger partial charge in [0.05, 0.1) is 5.56 Å². The number of nitrogens with zero attached hydrogens (tertiary/aromatic N) is 1. The summed E-state index contributed by atoms with van der Waals surface area (Å²) < 4.78 is 0. The number of carboxylic acid groups (broad SMARTS) is 1. The van der Waals surface area contributed by atoms with Crippen molar-refractivity contribution in [3.63, 3.8) is 0 Å². The summed E-state index contributed by atoms with van der Waals surface area (Å²) in [4.78, 5) is 13.4. The molecule has 3 aromatic carbocycles. The molecule has 0 aliphatic heterocycles. The van der Waals surface area contributed by atoms with Crippen molar-refractivity contribution in [2.24, 2.45) is 0 Å². The smallest absolute Gasteiger partial charge is 0.335 e. The second-order valence-corrected chi connectivity index (χ2v) is 9.78. The average molecular weight is 402 g/mol. The Labute approximate surface area is 180 Å². The Kier molecular flexibility index (Phi) is 5.76. The summed E-state index contributed by atoms with van der Waals surface area (Å²) >= 11 is 0. The molecular formula is C27H31NO2. The minimum Gasteiger partial charge on any atom is -0.478 e. The van der Waals surface area contributed by atoms with Crippen LogP contribution in [0, 0.1) is 0 Å². The fraction of sp³-hybridized carbons (Fsp3) is 0.296. The van der Waals surface area contributed by atoms with Gasteiger partial charge in [0.25, 0.3) is 0 Å². The molecule has 0 saturated carbocycles. The van der Waals surface area contributed by atoms with Crippen LogP contribution in [0.1, 0.15) is 63.0 Å². The molecule has 3 heteroatoms. The third-order valence-corrected chi connectivity index (χ3v) is 5.36. The molecule has 0 aliphatic carbocycles. The molecule has 0 radical (unpaired) electrons. The minimum absolute atomic E-state index is 0.0842. The SMILES string of the molecule is CC(C)(C)c1ccc(N(c2ccc(C(=O)O)cc2)c2ccc(C(C)(C)C)cc2)cc1. The van der Waals surface area contributed by atoms with Crippen LogP contribution in [0.4, 0.5) is 17.1 Å². The van der Waals surface area contributed by atoms with Gasteiger partial charge in [-0.15, -0.1) is 0 Å². The van der Waals surface area contributed by atoms with Crippen molar-refractivity contribution in [3.8, 4) is 0 Å². The molecule has 0 amide bonds. The van der Waals surface area contributed by atoms with E-state index in [0.29, 0.717) is 0 Å². The van der Waals surface area contributed by atoms with Crippen molar-refractivity contribution in [1.82, 2.24) is 0 Å². The Morgan fingerprint density at radius 3 is 1.17 bits per heavy atom. The number of anilines is 3. The van der Waals surface area contributed by atoms with Gasteiger partial charge < -0.3 is 10.0 Å². The van der Waals surface area contributed by atoms with Crippen LogP contribution >= 0.6 is 0 Å². The number of rotatable bonds is 4. The van der Waals surface area contributed by atoms with Crippen molar-refractivity contribution >= 4 is 23.0 Å². The zero-order valence-electron chi connectivity index (χ0n) is 18.7. The Hall–Kier alpha value is -3.07. The fourth-order valence-corrected chi connectivity index (χ4v) is 3.42. The molecule has 0 atom stereocenters. The van der Waals surface area contributed by atoms with Gasteiger partial charge >= 0.3 is 5.97 Å². The molecule has 0 saturated heterocycles. The number of carboxylic acids is 1. The van der Waals surface area contributed by atoms with Crippen LogP contribution in [0.5, 0.6) is 0 Å². The van der Waals surface area contributed by atoms with Crippen LogP contribution in [0.15, 0.2) is 72.8 Å². The number of benzene rings is 3. The maximum absolute atomic E-state index is 11.3. The van der Waals surface area contributed by atoms with Crippen LogP contribution < -0.4 is 4.90 Å². The van der Waals surface area contributed by atoms with E-state index in [0.717, 1.165) is 17.1 Å². The lowest BCUT2D eigenvalue weighted by Gasteiger charge is -2.28. The first-order valence-corrected chi connectivity index (χ1v) is 10.3. The molecule has 0 heterocycles. The van der Waals surface area contributed by atoms with Crippen molar-refractivity contribution < 1.29 is 9.90 Å². The summed E-state index contributed by atoms with van der Waals surface area (Å²) in [7, 11) is 0. The Balaban J connectivity index is 2.08. The molecule has 0 bridgehead atoms. The number of aromatic carboxylic acids is 1. The minimum atomic E-state index is -0.919. The van der Waals surface area contributed by atoms with Crippen LogP contribution in [-0.4, -0.2) is 11.1 Å². The fourth-order valence-electron chi connectivity index (χ4n) is 3.42. The second-order valence-electron chi connectivity index (χ2n) is 9.78. The highest BCUT2D eigenvalue weighted by Gasteiger charge is 2.18. The molecular weight excluding hydrogens is 370 g/mol. The zero-order valence-corrected chi connectivity index (χ0v) is 18.7. The lowest BCUT2D eigenvalue weighted by molar-refractivity contribution is 0.0697. The van der Waals surface area contributed by atoms with E-state index >= 15 is 0 Å². The largest absolute Gasteiger partial charge is 0.478 e. The quantitative estimate of drug-likeness (QED) is 0.493. The molecule has 0 aliphatic rings. The molecule has 3 rings (SSSR count). The normalized spacial score (nSPS) is 11.9. The standard InChI is InChI=1S/C27H31NO2/c1-26(2,3)20-9-15-23(16-10-20)28(22-13-7-19(8-14-22)25(29)30)24-17-11-21(12-18-24)27(4,5)6/h7-18H,1-6H3,(H,29,30). The summed E-state index contributed by atoms with van der Waals surface area (Å²) in [6.45, 7) is 13.2. The maximum Gasteiger partial charge on any atom is 0.335 e. The van der Waals surface area contributed by atoms with Crippen LogP contribution in [0.2, 0.25) is 0 Å². The summed E-state index contributed by atoms with van der Waals surface area (Å²) in [6.07, 6.45) is 0. The Morgan fingerprint density at radius 1 is 0.600 bits per heavy atom. The van der Waals surface area contributed by atoms with Gasteiger partial charge in [0.2, 0.25) is 0 Å². The summed E-state index contributed by atoms with van der Waals surface area (Å²) in [6, 6.07) is 24.2. The van der Waals surface area contributed by atoms with Crippen molar-refractivity contribution in [2.75, 3.05) is 4.90 Å². The molecule has 30 heavy (non-hydrogen) atoms. The van der Waals surface area contributed by atoms with Crippen LogP contribution in [0.3, 0.4) is 0 Å². The summed E-state index contributed by atoms with van der Waals surface area (Å²) in [5.41, 5.74) is 5.99. The first-order valence-electron chi connectivity index (χ1n) is 10.3. The van der Waals surface area contributed by atoms with Gasteiger partial charge in [0, 0.05) is 17.1 Å². The van der Waals surface area contributed by atoms with E-state index in [1.54, 1.807) is 12.1 Å². The highest BCUT2D eigenvalue weighted by atomic mass is 16.4. The maximum atomic E-state index is 11.3. The lowest BCUT2D eigenvalue weighted by Crippen LogP contribution is -2.14. The van der Waals surface area contributed by atoms with Gasteiger partial charge in [0.1, 0.15) is 0 Å². The zero-order chi connectivity index (χ0) is 22.1. The molecule has 3 aromatic rings. The molecule has 0 unspecified atom stereocenters. The number of hydrogen-bond acceptors (Lipinski definition) is 2. The van der Waals surface area contributed by atoms with E-state index in [2.05, 4.69) is 95.0 Å². The third kappa shape index (κ3) is 4.73. The molecule has 0 spiro atoms. The van der Waals surface area contributed by atoms with Crippen molar-refractivity contribution in [2.45, 2.75) is 52.4 Å². The molecule has 0 aromatic heterocycles. The summed E-state index contributed by atoms with van der Waals surface area (Å²) in [5, 5.41) is 9.25. The lowest BCUT2D eigenvalue weighted by atomic mass is 9.86. The molecule has 0 fully saturated rings. The van der Waals surface area contributed by atoms with Crippen molar-refractivity contribution in [3.05, 3.63) is 89.5 Å². The van der Waals surface area contributed by atoms with Crippen LogP contribution in [0.25, 0.3) is 0 Å². The summed E-state index contributed by atoms with van der Waals surface area (Å²) in [5.74, 6) is -0.919. The molecule has 1 N–H and O–H groups in total. The highest BCUT2D eigenvalue weighted by molar-refractivity contribution is 5.88. The molecule has 156 valence electrons. The van der Waals surface area contributed by atoms with Crippen molar-refractivity contribution in [1.29, 1.82) is 0 Å². The van der Waals surface area contributed by atoms with Gasteiger partial charge in [-0.3, -0.25) is 0 Å². The van der Waals surface area contributed by atoms with E-state index in [4.69, 9.17) is 0 Å². The third-order valence-electron chi connectivity index (χ3n) is 5.36. The number of hydrogen-bond donors (Lipinski definition) is 1. The van der Waals surface area contributed by atoms with Crippen LogP contribution in [-0.2, 0) is 10.8 Å². The predicted molar refractivity (Wildman–Crippen MR) is 125 cm³/mol. The first kappa shape index (κ1) is 21.6. The average Bonchev–Trinajstić information content (AvgIpc) is 2.68. The predicted octanol–water partition coefficient (Wildman–Crippen LogP) is 7.45. The Bertz CT molecular complexity index is 945. The topological polar surface area (TPSA) is 40.5 Å². The highest BCUT2D eigenvalue weighted by Crippen LogP contribution is 2.37. The van der Waals surface area contributed by atoms with E-state index < -0.39 is 5.97 Å². The van der Waals surface area contributed by atoms with Gasteiger partial charge in [0.15, 0.2) is 0 Å². The number of carbonyl (C=O) groups is 1. The molecule has 3 nitrogen and oxygen atoms in total. The van der Waals surface area contributed by atoms with E-state index in [9.17, 15) is 9.90 Å². The first-order chi connectivity index (χ1) is 14.0. The van der Waals surface area contributed by atoms with Gasteiger partial charge in [-0.05, 0) is 70.5 Å². The van der Waals surface area contributed by atoms with Gasteiger partial charge in [-0.2, -0.15) is 0 Å². The monoisotopic (exact) mass is 401 g/mol. The van der Waals surface area contributed by atoms with Gasteiger partial charge in [-0.25, -0.2) is 4.79 Å².